The summed E-state index contributed by atoms with van der Waals surface area (Å²) in [6.45, 7) is 1.77. The Labute approximate surface area is 172 Å². The number of aromatic nitrogens is 1. The van der Waals surface area contributed by atoms with Gasteiger partial charge < -0.3 is 9.64 Å². The normalized spacial score (nSPS) is 20.0. The predicted molar refractivity (Wildman–Crippen MR) is 104 cm³/mol. The van der Waals surface area contributed by atoms with Gasteiger partial charge in [-0.1, -0.05) is 17.9 Å². The van der Waals surface area contributed by atoms with Gasteiger partial charge in [0.15, 0.2) is 11.6 Å². The lowest BCUT2D eigenvalue weighted by Crippen LogP contribution is -2.42. The number of imide groups is 1. The number of hydrogen-bond donors (Lipinski definition) is 1. The number of methoxy groups -OCH3 is 1. The average molecular weight is 407 g/mol. The first kappa shape index (κ1) is 19.6. The Hall–Kier alpha value is -3.73. The van der Waals surface area contributed by atoms with Crippen molar-refractivity contribution in [3.05, 3.63) is 58.7 Å². The summed E-state index contributed by atoms with van der Waals surface area (Å²) in [6.07, 6.45) is 1.45. The van der Waals surface area contributed by atoms with Crippen molar-refractivity contribution in [3.63, 3.8) is 0 Å². The zero-order valence-electron chi connectivity index (χ0n) is 16.4. The van der Waals surface area contributed by atoms with Gasteiger partial charge in [-0.15, -0.1) is 0 Å². The molecule has 2 aromatic rings. The minimum absolute atomic E-state index is 0.0284. The summed E-state index contributed by atoms with van der Waals surface area (Å²) in [5.41, 5.74) is 0.302. The minimum atomic E-state index is -1.42. The monoisotopic (exact) mass is 407 g/mol. The van der Waals surface area contributed by atoms with E-state index in [1.54, 1.807) is 31.3 Å². The van der Waals surface area contributed by atoms with Crippen molar-refractivity contribution < 1.29 is 23.5 Å². The topological polar surface area (TPSA) is 88.6 Å². The summed E-state index contributed by atoms with van der Waals surface area (Å²) in [5.74, 6) is 3.48. The first-order valence-corrected chi connectivity index (χ1v) is 9.28. The highest BCUT2D eigenvalue weighted by atomic mass is 19.1. The Kier molecular flexibility index (Phi) is 4.74. The zero-order chi connectivity index (χ0) is 21.5. The molecule has 7 nitrogen and oxygen atoms in total. The summed E-state index contributed by atoms with van der Waals surface area (Å²) in [6, 6.07) is 6.56. The number of aryl methyl sites for hydroxylation is 1. The van der Waals surface area contributed by atoms with E-state index in [1.807, 2.05) is 0 Å². The van der Waals surface area contributed by atoms with Crippen LogP contribution in [0.2, 0.25) is 0 Å². The molecular formula is C22H18FN3O4. The van der Waals surface area contributed by atoms with Gasteiger partial charge in [0.25, 0.3) is 5.91 Å². The van der Waals surface area contributed by atoms with Crippen molar-refractivity contribution in [1.82, 2.24) is 15.2 Å². The molecule has 30 heavy (non-hydrogen) atoms. The number of carbonyl (C=O) groups is 3. The number of carbonyl (C=O) groups excluding carboxylic acids is 3. The number of nitrogens with one attached hydrogen (secondary N) is 1. The summed E-state index contributed by atoms with van der Waals surface area (Å²) in [5, 5.41) is 2.27. The van der Waals surface area contributed by atoms with Crippen LogP contribution >= 0.6 is 0 Å². The zero-order valence-corrected chi connectivity index (χ0v) is 16.4. The highest BCUT2D eigenvalue weighted by Gasteiger charge is 2.49. The summed E-state index contributed by atoms with van der Waals surface area (Å²) < 4.78 is 19.6. The van der Waals surface area contributed by atoms with Crippen LogP contribution in [-0.4, -0.2) is 41.3 Å². The number of fused-ring (bicyclic) bond motifs is 1. The largest absolute Gasteiger partial charge is 0.494 e. The maximum atomic E-state index is 14.6. The van der Waals surface area contributed by atoms with Gasteiger partial charge in [-0.05, 0) is 30.7 Å². The Balaban J connectivity index is 1.69. The molecule has 8 heteroatoms. The molecule has 0 bridgehead atoms. The van der Waals surface area contributed by atoms with E-state index in [9.17, 15) is 18.8 Å². The number of amides is 3. The van der Waals surface area contributed by atoms with Crippen LogP contribution in [0.4, 0.5) is 4.39 Å². The number of pyridine rings is 1. The predicted octanol–water partition coefficient (Wildman–Crippen LogP) is 1.58. The van der Waals surface area contributed by atoms with E-state index < -0.39 is 29.0 Å². The highest BCUT2D eigenvalue weighted by Crippen LogP contribution is 2.35. The molecule has 0 spiro atoms. The van der Waals surface area contributed by atoms with E-state index in [2.05, 4.69) is 22.1 Å². The number of nitrogens with zero attached hydrogens (tertiary/aromatic N) is 2. The first-order chi connectivity index (χ1) is 14.3. The lowest BCUT2D eigenvalue weighted by Gasteiger charge is -2.25. The number of halogens is 1. The maximum Gasteiger partial charge on any atom is 0.257 e. The van der Waals surface area contributed by atoms with Crippen LogP contribution in [0, 0.1) is 30.0 Å². The molecule has 1 N–H and O–H groups in total. The van der Waals surface area contributed by atoms with E-state index in [1.165, 1.54) is 18.1 Å². The molecule has 0 saturated carbocycles. The van der Waals surface area contributed by atoms with E-state index in [0.29, 0.717) is 16.8 Å². The SMILES string of the molecule is COc1ccc2c(c1F)C(=O)N(C[C@@]1(C#Cc3cccnc3C)CC(=O)NC1=O)C2. The van der Waals surface area contributed by atoms with Crippen LogP contribution in [-0.2, 0) is 16.1 Å². The van der Waals surface area contributed by atoms with Crippen molar-refractivity contribution >= 4 is 17.7 Å². The van der Waals surface area contributed by atoms with Gasteiger partial charge >= 0.3 is 0 Å². The van der Waals surface area contributed by atoms with Gasteiger partial charge in [0.05, 0.1) is 24.8 Å². The third-order valence-electron chi connectivity index (χ3n) is 5.33. The van der Waals surface area contributed by atoms with Gasteiger partial charge in [0.1, 0.15) is 5.41 Å². The Morgan fingerprint density at radius 1 is 1.30 bits per heavy atom. The molecule has 1 aromatic carbocycles. The standard InChI is InChI=1S/C22H18FN3O4/c1-13-14(4-3-9-24-13)7-8-22(10-17(27)25-21(22)29)12-26-11-15-5-6-16(30-2)19(23)18(15)20(26)28/h3-6,9H,10-12H2,1-2H3,(H,25,27,29)/t22-/m1/s1. The molecule has 2 aliphatic heterocycles. The van der Waals surface area contributed by atoms with Crippen LogP contribution in [0.15, 0.2) is 30.5 Å². The van der Waals surface area contributed by atoms with Crippen LogP contribution in [0.25, 0.3) is 0 Å². The summed E-state index contributed by atoms with van der Waals surface area (Å²) in [7, 11) is 1.32. The fourth-order valence-corrected chi connectivity index (χ4v) is 3.72. The van der Waals surface area contributed by atoms with Crippen LogP contribution < -0.4 is 10.1 Å². The van der Waals surface area contributed by atoms with Crippen LogP contribution in [0.3, 0.4) is 0 Å². The van der Waals surface area contributed by atoms with Crippen molar-refractivity contribution in [1.29, 1.82) is 0 Å². The number of ether oxygens (including phenoxy) is 1. The molecule has 1 aromatic heterocycles. The minimum Gasteiger partial charge on any atom is -0.494 e. The van der Waals surface area contributed by atoms with E-state index in [4.69, 9.17) is 4.74 Å². The molecule has 1 fully saturated rings. The third kappa shape index (κ3) is 3.18. The first-order valence-electron chi connectivity index (χ1n) is 9.28. The molecule has 1 saturated heterocycles. The van der Waals surface area contributed by atoms with Gasteiger partial charge in [-0.25, -0.2) is 4.39 Å². The van der Waals surface area contributed by atoms with Crippen molar-refractivity contribution in [2.75, 3.05) is 13.7 Å². The molecule has 0 aliphatic carbocycles. The van der Waals surface area contributed by atoms with Gasteiger partial charge in [-0.2, -0.15) is 0 Å². The molecule has 0 radical (unpaired) electrons. The average Bonchev–Trinajstić information content (AvgIpc) is 3.17. The third-order valence-corrected chi connectivity index (χ3v) is 5.33. The maximum absolute atomic E-state index is 14.6. The molecule has 3 heterocycles. The van der Waals surface area contributed by atoms with Crippen molar-refractivity contribution in [2.24, 2.45) is 5.41 Å². The Bertz CT molecular complexity index is 1150. The second-order valence-corrected chi connectivity index (χ2v) is 7.30. The van der Waals surface area contributed by atoms with Crippen molar-refractivity contribution in [2.45, 2.75) is 19.9 Å². The quantitative estimate of drug-likeness (QED) is 0.617. The fourth-order valence-electron chi connectivity index (χ4n) is 3.72. The lowest BCUT2D eigenvalue weighted by molar-refractivity contribution is -0.127. The van der Waals surface area contributed by atoms with E-state index in [-0.39, 0.29) is 30.8 Å². The summed E-state index contributed by atoms with van der Waals surface area (Å²) >= 11 is 0. The second-order valence-electron chi connectivity index (χ2n) is 7.30. The van der Waals surface area contributed by atoms with Gasteiger partial charge in [-0.3, -0.25) is 24.7 Å². The Morgan fingerprint density at radius 3 is 2.77 bits per heavy atom. The smallest absolute Gasteiger partial charge is 0.257 e. The van der Waals surface area contributed by atoms with E-state index >= 15 is 0 Å². The van der Waals surface area contributed by atoms with Crippen molar-refractivity contribution in [3.8, 4) is 17.6 Å². The molecule has 2 aliphatic rings. The van der Waals surface area contributed by atoms with Gasteiger partial charge in [0.2, 0.25) is 11.8 Å². The van der Waals surface area contributed by atoms with Crippen LogP contribution in [0.5, 0.6) is 5.75 Å². The fraction of sp³-hybridized carbons (Fsp3) is 0.273. The second kappa shape index (κ2) is 7.26. The molecule has 152 valence electrons. The molecule has 3 amide bonds. The Morgan fingerprint density at radius 2 is 2.10 bits per heavy atom. The van der Waals surface area contributed by atoms with E-state index in [0.717, 1.165) is 0 Å². The van der Waals surface area contributed by atoms with Gasteiger partial charge in [0, 0.05) is 24.8 Å². The molecule has 0 unspecified atom stereocenters. The highest BCUT2D eigenvalue weighted by molar-refractivity contribution is 6.08. The molecular weight excluding hydrogens is 389 g/mol. The van der Waals surface area contributed by atoms with Crippen LogP contribution in [0.1, 0.15) is 33.6 Å². The summed E-state index contributed by atoms with van der Waals surface area (Å²) in [4.78, 5) is 43.0. The number of hydrogen-bond acceptors (Lipinski definition) is 5. The number of rotatable bonds is 3. The molecule has 1 atom stereocenters. The molecule has 4 rings (SSSR count). The number of benzene rings is 1. The lowest BCUT2D eigenvalue weighted by atomic mass is 9.85.